The van der Waals surface area contributed by atoms with E-state index in [9.17, 15) is 9.18 Å². The number of amides is 1. The topological polar surface area (TPSA) is 20.3 Å². The first kappa shape index (κ1) is 9.77. The van der Waals surface area contributed by atoms with Crippen LogP contribution < -0.4 is 10.4 Å². The van der Waals surface area contributed by atoms with Gasteiger partial charge >= 0.3 is 0 Å². The number of anilines is 1. The monoisotopic (exact) mass is 177 g/mol. The molecule has 0 aliphatic heterocycles. The van der Waals surface area contributed by atoms with Gasteiger partial charge in [0.2, 0.25) is 5.91 Å². The highest BCUT2D eigenvalue weighted by atomic mass is 19.1. The zero-order valence-electron chi connectivity index (χ0n) is 7.54. The van der Waals surface area contributed by atoms with Gasteiger partial charge < -0.3 is 4.90 Å². The SMILES string of the molecule is [B]c1ccc(N(C)C(C)=O)c(F)c1. The maximum absolute atomic E-state index is 13.2. The molecule has 2 nitrogen and oxygen atoms in total. The quantitative estimate of drug-likeness (QED) is 0.575. The largest absolute Gasteiger partial charge is 0.313 e. The van der Waals surface area contributed by atoms with Gasteiger partial charge in [-0.2, -0.15) is 0 Å². The van der Waals surface area contributed by atoms with E-state index in [1.54, 1.807) is 6.07 Å². The molecular weight excluding hydrogens is 168 g/mol. The summed E-state index contributed by atoms with van der Waals surface area (Å²) in [5.41, 5.74) is 0.583. The van der Waals surface area contributed by atoms with Crippen LogP contribution in [0.25, 0.3) is 0 Å². The van der Waals surface area contributed by atoms with E-state index in [0.29, 0.717) is 5.46 Å². The van der Waals surface area contributed by atoms with E-state index in [-0.39, 0.29) is 11.6 Å². The summed E-state index contributed by atoms with van der Waals surface area (Å²) in [6, 6.07) is 4.22. The van der Waals surface area contributed by atoms with Gasteiger partial charge in [0, 0.05) is 14.0 Å². The van der Waals surface area contributed by atoms with Crippen LogP contribution in [0.5, 0.6) is 0 Å². The molecule has 1 aromatic carbocycles. The number of carbonyl (C=O) groups excluding carboxylic acids is 1. The lowest BCUT2D eigenvalue weighted by Crippen LogP contribution is -2.24. The lowest BCUT2D eigenvalue weighted by atomic mass is 9.96. The highest BCUT2D eigenvalue weighted by Crippen LogP contribution is 2.15. The predicted molar refractivity (Wildman–Crippen MR) is 50.9 cm³/mol. The number of hydrogen-bond acceptors (Lipinski definition) is 1. The first-order valence-electron chi connectivity index (χ1n) is 3.81. The summed E-state index contributed by atoms with van der Waals surface area (Å²) in [5.74, 6) is -0.707. The number of halogens is 1. The Morgan fingerprint density at radius 2 is 2.15 bits per heavy atom. The fourth-order valence-corrected chi connectivity index (χ4v) is 0.965. The van der Waals surface area contributed by atoms with Gasteiger partial charge in [0.05, 0.1) is 5.69 Å². The second-order valence-corrected chi connectivity index (χ2v) is 2.79. The summed E-state index contributed by atoms with van der Waals surface area (Å²) in [6.07, 6.45) is 0. The lowest BCUT2D eigenvalue weighted by Gasteiger charge is -2.15. The van der Waals surface area contributed by atoms with Gasteiger partial charge in [0.1, 0.15) is 13.7 Å². The average molecular weight is 177 g/mol. The van der Waals surface area contributed by atoms with E-state index in [0.717, 1.165) is 0 Å². The number of carbonyl (C=O) groups is 1. The lowest BCUT2D eigenvalue weighted by molar-refractivity contribution is -0.116. The molecule has 0 atom stereocenters. The molecule has 0 unspecified atom stereocenters. The standard InChI is InChI=1S/C9H9BFNO/c1-6(13)12(2)9-4-3-7(10)5-8(9)11/h3-5H,1-2H3. The summed E-state index contributed by atoms with van der Waals surface area (Å²) in [6.45, 7) is 1.37. The van der Waals surface area contributed by atoms with Crippen LogP contribution in [-0.2, 0) is 4.79 Å². The molecule has 0 N–H and O–H groups in total. The van der Waals surface area contributed by atoms with Crippen LogP contribution in [0.1, 0.15) is 6.92 Å². The summed E-state index contributed by atoms with van der Waals surface area (Å²) in [4.78, 5) is 12.1. The van der Waals surface area contributed by atoms with Crippen molar-refractivity contribution in [3.8, 4) is 0 Å². The Hall–Kier alpha value is -1.32. The van der Waals surface area contributed by atoms with Crippen LogP contribution in [0, 0.1) is 5.82 Å². The van der Waals surface area contributed by atoms with Crippen molar-refractivity contribution in [3.63, 3.8) is 0 Å². The van der Waals surface area contributed by atoms with Crippen molar-refractivity contribution in [2.75, 3.05) is 11.9 Å². The summed E-state index contributed by atoms with van der Waals surface area (Å²) < 4.78 is 13.2. The minimum Gasteiger partial charge on any atom is -0.313 e. The van der Waals surface area contributed by atoms with E-state index in [1.807, 2.05) is 0 Å². The van der Waals surface area contributed by atoms with Gasteiger partial charge in [-0.1, -0.05) is 11.5 Å². The second-order valence-electron chi connectivity index (χ2n) is 2.79. The van der Waals surface area contributed by atoms with Gasteiger partial charge in [-0.25, -0.2) is 4.39 Å². The number of nitrogens with zero attached hydrogens (tertiary/aromatic N) is 1. The second kappa shape index (κ2) is 3.60. The van der Waals surface area contributed by atoms with Gasteiger partial charge in [0.25, 0.3) is 0 Å². The molecule has 66 valence electrons. The molecule has 0 saturated carbocycles. The maximum atomic E-state index is 13.2. The molecule has 0 spiro atoms. The van der Waals surface area contributed by atoms with Gasteiger partial charge in [-0.05, 0) is 12.1 Å². The van der Waals surface area contributed by atoms with Crippen LogP contribution in [0.2, 0.25) is 0 Å². The Morgan fingerprint density at radius 1 is 1.54 bits per heavy atom. The number of rotatable bonds is 1. The summed E-state index contributed by atoms with van der Waals surface area (Å²) >= 11 is 0. The van der Waals surface area contributed by atoms with Crippen LogP contribution in [0.3, 0.4) is 0 Å². The molecule has 1 aromatic rings. The first-order chi connectivity index (χ1) is 6.02. The van der Waals surface area contributed by atoms with Crippen molar-refractivity contribution >= 4 is 24.9 Å². The van der Waals surface area contributed by atoms with Gasteiger partial charge in [-0.3, -0.25) is 4.79 Å². The van der Waals surface area contributed by atoms with Crippen LogP contribution in [0.15, 0.2) is 18.2 Å². The van der Waals surface area contributed by atoms with E-state index >= 15 is 0 Å². The third kappa shape index (κ3) is 2.08. The van der Waals surface area contributed by atoms with Crippen molar-refractivity contribution in [2.24, 2.45) is 0 Å². The molecule has 2 radical (unpaired) electrons. The summed E-state index contributed by atoms with van der Waals surface area (Å²) in [5, 5.41) is 0. The number of hydrogen-bond donors (Lipinski definition) is 0. The van der Waals surface area contributed by atoms with Crippen LogP contribution in [-0.4, -0.2) is 20.8 Å². The summed E-state index contributed by atoms with van der Waals surface area (Å²) in [7, 11) is 6.87. The molecule has 13 heavy (non-hydrogen) atoms. The fourth-order valence-electron chi connectivity index (χ4n) is 0.965. The van der Waals surface area contributed by atoms with Crippen molar-refractivity contribution in [1.29, 1.82) is 0 Å². The smallest absolute Gasteiger partial charge is 0.223 e. The van der Waals surface area contributed by atoms with Crippen LogP contribution >= 0.6 is 0 Å². The maximum Gasteiger partial charge on any atom is 0.223 e. The van der Waals surface area contributed by atoms with Gasteiger partial charge in [-0.15, -0.1) is 0 Å². The zero-order chi connectivity index (χ0) is 10.0. The Labute approximate surface area is 77.8 Å². The first-order valence-corrected chi connectivity index (χ1v) is 3.81. The minimum atomic E-state index is -0.488. The molecule has 0 saturated heterocycles. The van der Waals surface area contributed by atoms with Crippen molar-refractivity contribution in [2.45, 2.75) is 6.92 Å². The Balaban J connectivity index is 3.08. The normalized spacial score (nSPS) is 9.77. The molecule has 4 heteroatoms. The van der Waals surface area contributed by atoms with Crippen molar-refractivity contribution < 1.29 is 9.18 Å². The number of benzene rings is 1. The van der Waals surface area contributed by atoms with Crippen molar-refractivity contribution in [3.05, 3.63) is 24.0 Å². The van der Waals surface area contributed by atoms with E-state index in [4.69, 9.17) is 7.85 Å². The molecule has 0 bridgehead atoms. The van der Waals surface area contributed by atoms with Crippen LogP contribution in [0.4, 0.5) is 10.1 Å². The molecule has 0 heterocycles. The Kier molecular flexibility index (Phi) is 2.71. The molecule has 0 fully saturated rings. The van der Waals surface area contributed by atoms with Crippen molar-refractivity contribution in [1.82, 2.24) is 0 Å². The zero-order valence-corrected chi connectivity index (χ0v) is 7.54. The molecule has 0 aliphatic carbocycles. The van der Waals surface area contributed by atoms with E-state index in [1.165, 1.54) is 31.0 Å². The minimum absolute atomic E-state index is 0.219. The predicted octanol–water partition coefficient (Wildman–Crippen LogP) is 0.602. The van der Waals surface area contributed by atoms with Gasteiger partial charge in [0.15, 0.2) is 0 Å². The molecule has 1 amide bonds. The third-order valence-electron chi connectivity index (χ3n) is 1.81. The molecule has 0 aliphatic rings. The third-order valence-corrected chi connectivity index (χ3v) is 1.81. The molecule has 0 aromatic heterocycles. The highest BCUT2D eigenvalue weighted by Gasteiger charge is 2.09. The molecule has 1 rings (SSSR count). The Bertz CT molecular complexity index is 340. The van der Waals surface area contributed by atoms with E-state index in [2.05, 4.69) is 0 Å². The molecular formula is C9H9BFNO. The van der Waals surface area contributed by atoms with E-state index < -0.39 is 5.82 Å². The Morgan fingerprint density at radius 3 is 2.62 bits per heavy atom. The average Bonchev–Trinajstić information content (AvgIpc) is 2.03. The highest BCUT2D eigenvalue weighted by molar-refractivity contribution is 6.32. The fraction of sp³-hybridized carbons (Fsp3) is 0.222.